The number of fused-ring (bicyclic) bond motifs is 1. The van der Waals surface area contributed by atoms with Gasteiger partial charge < -0.3 is 20.1 Å². The molecule has 0 unspecified atom stereocenters. The molecule has 1 aliphatic rings. The van der Waals surface area contributed by atoms with E-state index in [0.29, 0.717) is 49.0 Å². The summed E-state index contributed by atoms with van der Waals surface area (Å²) in [6.45, 7) is 6.23. The first-order chi connectivity index (χ1) is 13.4. The second-order valence-electron chi connectivity index (χ2n) is 6.37. The van der Waals surface area contributed by atoms with Gasteiger partial charge in [-0.05, 0) is 19.4 Å². The van der Waals surface area contributed by atoms with Crippen molar-refractivity contribution < 1.29 is 14.6 Å². The van der Waals surface area contributed by atoms with Gasteiger partial charge in [0.1, 0.15) is 4.83 Å². The molecule has 0 bridgehead atoms. The third-order valence-electron chi connectivity index (χ3n) is 4.73. The number of methoxy groups -OCH3 is 1. The molecule has 1 aliphatic heterocycles. The first kappa shape index (κ1) is 20.1. The van der Waals surface area contributed by atoms with Crippen molar-refractivity contribution in [2.75, 3.05) is 26.8 Å². The predicted octanol–water partition coefficient (Wildman–Crippen LogP) is 0.639. The molecule has 0 radical (unpaired) electrons. The molecule has 3 heterocycles. The van der Waals surface area contributed by atoms with Crippen molar-refractivity contribution in [3.8, 4) is 0 Å². The molecule has 0 atom stereocenters. The molecule has 2 aromatic rings. The molecule has 0 aliphatic carbocycles. The van der Waals surface area contributed by atoms with Gasteiger partial charge in [-0.1, -0.05) is 0 Å². The molecule has 0 spiro atoms. The summed E-state index contributed by atoms with van der Waals surface area (Å²) in [5.41, 5.74) is 0.163. The smallest absolute Gasteiger partial charge is 0.434 e. The number of carbonyl (C=O) groups is 1. The fourth-order valence-corrected chi connectivity index (χ4v) is 4.63. The van der Waals surface area contributed by atoms with Crippen molar-refractivity contribution in [1.82, 2.24) is 19.4 Å². The standard InChI is InChI=1S/C17H23N5O5S/c1-4-21-13(23)12-10(2)11(9-20-6-5-18-15(20)19-16(24)25)28-14(12)22(17(21)26)7-8-27-3/h4-9H2,1-3H3,(H,18,19)(H,24,25). The van der Waals surface area contributed by atoms with Gasteiger partial charge in [0.15, 0.2) is 0 Å². The Morgan fingerprint density at radius 3 is 2.75 bits per heavy atom. The van der Waals surface area contributed by atoms with Crippen LogP contribution in [0.1, 0.15) is 17.4 Å². The summed E-state index contributed by atoms with van der Waals surface area (Å²) in [6.07, 6.45) is -1.26. The van der Waals surface area contributed by atoms with E-state index in [2.05, 4.69) is 10.3 Å². The first-order valence-electron chi connectivity index (χ1n) is 8.94. The maximum Gasteiger partial charge on any atom is 0.434 e. The molecule has 10 nitrogen and oxygen atoms in total. The third-order valence-corrected chi connectivity index (χ3v) is 6.03. The van der Waals surface area contributed by atoms with Crippen molar-refractivity contribution >= 4 is 33.6 Å². The van der Waals surface area contributed by atoms with Gasteiger partial charge >= 0.3 is 11.8 Å². The topological polar surface area (TPSA) is 118 Å². The van der Waals surface area contributed by atoms with Crippen LogP contribution in [0.15, 0.2) is 14.6 Å². The summed E-state index contributed by atoms with van der Waals surface area (Å²) >= 11 is 1.38. The fourth-order valence-electron chi connectivity index (χ4n) is 3.30. The van der Waals surface area contributed by atoms with E-state index in [0.717, 1.165) is 10.4 Å². The number of carboxylic acid groups (broad SMARTS) is 1. The number of thiophene rings is 1. The molecule has 1 amide bonds. The Morgan fingerprint density at radius 2 is 2.11 bits per heavy atom. The zero-order valence-electron chi connectivity index (χ0n) is 16.0. The highest BCUT2D eigenvalue weighted by atomic mass is 32.1. The van der Waals surface area contributed by atoms with Crippen LogP contribution in [0, 0.1) is 6.92 Å². The lowest BCUT2D eigenvalue weighted by atomic mass is 10.2. The summed E-state index contributed by atoms with van der Waals surface area (Å²) < 4.78 is 7.93. The summed E-state index contributed by atoms with van der Waals surface area (Å²) in [6, 6.07) is 0. The van der Waals surface area contributed by atoms with Crippen LogP contribution in [0.4, 0.5) is 4.79 Å². The van der Waals surface area contributed by atoms with Crippen molar-refractivity contribution in [1.29, 1.82) is 0 Å². The van der Waals surface area contributed by atoms with Crippen molar-refractivity contribution in [2.24, 2.45) is 4.99 Å². The van der Waals surface area contributed by atoms with Crippen molar-refractivity contribution in [2.45, 2.75) is 33.5 Å². The molecule has 152 valence electrons. The minimum Gasteiger partial charge on any atom is -0.463 e. The number of aryl methyl sites for hydroxylation is 1. The average Bonchev–Trinajstić information content (AvgIpc) is 3.20. The Hall–Kier alpha value is -2.66. The number of rotatable bonds is 6. The fraction of sp³-hybridized carbons (Fsp3) is 0.529. The SMILES string of the molecule is CCn1c(=O)c2c(C)c(CN3CCN/C3=N\C(=O)O)sc2n(CCOC)c1=O. The molecular formula is C17H23N5O5S. The number of nitrogens with one attached hydrogen (secondary N) is 1. The normalized spacial score (nSPS) is 15.5. The van der Waals surface area contributed by atoms with Crippen LogP contribution in [-0.2, 0) is 24.4 Å². The van der Waals surface area contributed by atoms with E-state index in [-0.39, 0.29) is 17.8 Å². The molecular weight excluding hydrogens is 386 g/mol. The number of aromatic nitrogens is 2. The highest BCUT2D eigenvalue weighted by molar-refractivity contribution is 7.18. The van der Waals surface area contributed by atoms with Crippen LogP contribution in [0.3, 0.4) is 0 Å². The highest BCUT2D eigenvalue weighted by Crippen LogP contribution is 2.29. The van der Waals surface area contributed by atoms with E-state index in [9.17, 15) is 14.4 Å². The first-order valence-corrected chi connectivity index (χ1v) is 9.75. The predicted molar refractivity (Wildman–Crippen MR) is 107 cm³/mol. The third kappa shape index (κ3) is 3.54. The molecule has 2 aromatic heterocycles. The Labute approximate surface area is 164 Å². The van der Waals surface area contributed by atoms with Gasteiger partial charge in [0.2, 0.25) is 5.96 Å². The quantitative estimate of drug-likeness (QED) is 0.719. The minimum atomic E-state index is -1.26. The number of guanidine groups is 1. The van der Waals surface area contributed by atoms with Gasteiger partial charge in [-0.25, -0.2) is 9.59 Å². The molecule has 0 saturated carbocycles. The second kappa shape index (κ2) is 8.15. The van der Waals surface area contributed by atoms with E-state index >= 15 is 0 Å². The average molecular weight is 409 g/mol. The van der Waals surface area contributed by atoms with Gasteiger partial charge in [-0.2, -0.15) is 0 Å². The van der Waals surface area contributed by atoms with Crippen LogP contribution < -0.4 is 16.6 Å². The number of aliphatic imine (C=N–C) groups is 1. The summed E-state index contributed by atoms with van der Waals surface area (Å²) in [7, 11) is 1.56. The molecule has 2 N–H and O–H groups in total. The zero-order chi connectivity index (χ0) is 20.4. The lowest BCUT2D eigenvalue weighted by molar-refractivity contribution is 0.186. The van der Waals surface area contributed by atoms with Crippen LogP contribution >= 0.6 is 11.3 Å². The summed E-state index contributed by atoms with van der Waals surface area (Å²) in [5.74, 6) is 0.298. The van der Waals surface area contributed by atoms with Crippen LogP contribution in [-0.4, -0.2) is 58.0 Å². The van der Waals surface area contributed by atoms with E-state index in [1.807, 2.05) is 11.8 Å². The molecule has 28 heavy (non-hydrogen) atoms. The largest absolute Gasteiger partial charge is 0.463 e. The highest BCUT2D eigenvalue weighted by Gasteiger charge is 2.24. The summed E-state index contributed by atoms with van der Waals surface area (Å²) in [4.78, 5) is 43.5. The molecule has 1 fully saturated rings. The van der Waals surface area contributed by atoms with E-state index in [1.165, 1.54) is 15.9 Å². The lowest BCUT2D eigenvalue weighted by Crippen LogP contribution is -2.39. The van der Waals surface area contributed by atoms with E-state index < -0.39 is 6.09 Å². The van der Waals surface area contributed by atoms with Crippen LogP contribution in [0.2, 0.25) is 0 Å². The van der Waals surface area contributed by atoms with Crippen LogP contribution in [0.25, 0.3) is 10.2 Å². The molecule has 3 rings (SSSR count). The maximum absolute atomic E-state index is 12.9. The monoisotopic (exact) mass is 409 g/mol. The maximum atomic E-state index is 12.9. The van der Waals surface area contributed by atoms with E-state index in [1.54, 1.807) is 18.6 Å². The van der Waals surface area contributed by atoms with Gasteiger partial charge in [-0.3, -0.25) is 13.9 Å². The Kier molecular flexibility index (Phi) is 5.84. The zero-order valence-corrected chi connectivity index (χ0v) is 16.8. The second-order valence-corrected chi connectivity index (χ2v) is 7.46. The van der Waals surface area contributed by atoms with Crippen LogP contribution in [0.5, 0.6) is 0 Å². The number of hydrogen-bond acceptors (Lipinski definition) is 5. The number of hydrogen-bond donors (Lipinski definition) is 2. The number of ether oxygens (including phenoxy) is 1. The Bertz CT molecular complexity index is 1050. The number of nitrogens with zero attached hydrogens (tertiary/aromatic N) is 4. The molecule has 1 saturated heterocycles. The molecule has 11 heteroatoms. The van der Waals surface area contributed by atoms with Crippen molar-refractivity contribution in [3.05, 3.63) is 31.3 Å². The van der Waals surface area contributed by atoms with Crippen molar-refractivity contribution in [3.63, 3.8) is 0 Å². The van der Waals surface area contributed by atoms with Gasteiger partial charge in [-0.15, -0.1) is 16.3 Å². The van der Waals surface area contributed by atoms with E-state index in [4.69, 9.17) is 9.84 Å². The lowest BCUT2D eigenvalue weighted by Gasteiger charge is -2.16. The Balaban J connectivity index is 2.12. The van der Waals surface area contributed by atoms with Gasteiger partial charge in [0.05, 0.1) is 25.1 Å². The molecule has 0 aromatic carbocycles. The van der Waals surface area contributed by atoms with Gasteiger partial charge in [0.25, 0.3) is 5.56 Å². The Morgan fingerprint density at radius 1 is 1.36 bits per heavy atom. The number of amides is 1. The summed E-state index contributed by atoms with van der Waals surface area (Å²) in [5, 5.41) is 12.4. The minimum absolute atomic E-state index is 0.288. The van der Waals surface area contributed by atoms with Gasteiger partial charge in [0, 0.05) is 31.6 Å².